The monoisotopic (exact) mass is 540 g/mol. The first-order valence-electron chi connectivity index (χ1n) is 10.2. The van der Waals surface area contributed by atoms with Crippen molar-refractivity contribution in [3.63, 3.8) is 0 Å². The number of fused-ring (bicyclic) bond motifs is 1. The van der Waals surface area contributed by atoms with Gasteiger partial charge >= 0.3 is 0 Å². The van der Waals surface area contributed by atoms with Gasteiger partial charge in [0.15, 0.2) is 5.96 Å². The highest BCUT2D eigenvalue weighted by Crippen LogP contribution is 2.23. The molecule has 1 aliphatic rings. The molecule has 2 aromatic carbocycles. The minimum absolute atomic E-state index is 0. The zero-order chi connectivity index (χ0) is 20.6. The molecule has 1 aliphatic heterocycles. The van der Waals surface area contributed by atoms with Crippen LogP contribution in [-0.2, 0) is 17.9 Å². The average Bonchev–Trinajstić information content (AvgIpc) is 3.16. The van der Waals surface area contributed by atoms with Crippen LogP contribution in [0.3, 0.4) is 0 Å². The smallest absolute Gasteiger partial charge is 0.223 e. The number of amides is 1. The zero-order valence-electron chi connectivity index (χ0n) is 17.5. The van der Waals surface area contributed by atoms with Gasteiger partial charge in [0.2, 0.25) is 5.91 Å². The van der Waals surface area contributed by atoms with E-state index in [-0.39, 0.29) is 35.9 Å². The topological polar surface area (TPSA) is 56.7 Å². The second-order valence-electron chi connectivity index (χ2n) is 7.30. The van der Waals surface area contributed by atoms with E-state index in [9.17, 15) is 4.79 Å². The molecule has 1 atom stereocenters. The van der Waals surface area contributed by atoms with Crippen LogP contribution in [0.1, 0.15) is 49.4 Å². The third-order valence-corrected chi connectivity index (χ3v) is 5.33. The van der Waals surface area contributed by atoms with Crippen molar-refractivity contribution in [2.24, 2.45) is 4.99 Å². The summed E-state index contributed by atoms with van der Waals surface area (Å²) >= 11 is 5.97. The molecule has 1 unspecified atom stereocenters. The van der Waals surface area contributed by atoms with E-state index in [2.05, 4.69) is 34.7 Å². The summed E-state index contributed by atoms with van der Waals surface area (Å²) in [6, 6.07) is 16.2. The lowest BCUT2D eigenvalue weighted by Crippen LogP contribution is -2.38. The summed E-state index contributed by atoms with van der Waals surface area (Å²) < 4.78 is 0. The van der Waals surface area contributed by atoms with Gasteiger partial charge in [0.05, 0.1) is 6.04 Å². The third kappa shape index (κ3) is 6.87. The number of nitrogens with one attached hydrogen (secondary N) is 2. The molecular weight excluding hydrogens is 511 g/mol. The van der Waals surface area contributed by atoms with Gasteiger partial charge in [0, 0.05) is 37.6 Å². The molecule has 2 aromatic rings. The van der Waals surface area contributed by atoms with Gasteiger partial charge in [-0.1, -0.05) is 48.0 Å². The van der Waals surface area contributed by atoms with E-state index >= 15 is 0 Å². The molecule has 0 saturated heterocycles. The molecule has 0 saturated carbocycles. The molecule has 0 bridgehead atoms. The van der Waals surface area contributed by atoms with E-state index in [0.29, 0.717) is 13.0 Å². The number of hydrogen-bond acceptors (Lipinski definition) is 2. The number of guanidine groups is 1. The molecule has 3 rings (SSSR count). The summed E-state index contributed by atoms with van der Waals surface area (Å²) in [5, 5.41) is 7.41. The van der Waals surface area contributed by atoms with Crippen LogP contribution in [0.4, 0.5) is 0 Å². The molecule has 0 aliphatic carbocycles. The van der Waals surface area contributed by atoms with Gasteiger partial charge in [-0.2, -0.15) is 0 Å². The molecule has 1 heterocycles. The van der Waals surface area contributed by atoms with Crippen molar-refractivity contribution in [2.75, 3.05) is 13.1 Å². The second kappa shape index (κ2) is 12.2. The van der Waals surface area contributed by atoms with Crippen molar-refractivity contribution in [3.8, 4) is 0 Å². The highest BCUT2D eigenvalue weighted by Gasteiger charge is 2.22. The van der Waals surface area contributed by atoms with E-state index in [0.717, 1.165) is 42.6 Å². The van der Waals surface area contributed by atoms with E-state index in [4.69, 9.17) is 11.6 Å². The maximum absolute atomic E-state index is 12.5. The Morgan fingerprint density at radius 1 is 1.13 bits per heavy atom. The molecule has 0 aromatic heterocycles. The fourth-order valence-electron chi connectivity index (χ4n) is 3.45. The summed E-state index contributed by atoms with van der Waals surface area (Å²) in [4.78, 5) is 19.1. The van der Waals surface area contributed by atoms with E-state index in [1.807, 2.05) is 48.2 Å². The van der Waals surface area contributed by atoms with Crippen LogP contribution in [0, 0.1) is 0 Å². The van der Waals surface area contributed by atoms with Crippen LogP contribution in [0.2, 0.25) is 5.02 Å². The summed E-state index contributed by atoms with van der Waals surface area (Å²) in [5.74, 6) is 0.958. The highest BCUT2D eigenvalue weighted by atomic mass is 127. The molecule has 0 spiro atoms. The quantitative estimate of drug-likeness (QED) is 0.227. The molecule has 2 N–H and O–H groups in total. The van der Waals surface area contributed by atoms with Crippen LogP contribution in [0.5, 0.6) is 0 Å². The molecule has 1 amide bonds. The average molecular weight is 541 g/mol. The normalized spacial score (nSPS) is 14.0. The summed E-state index contributed by atoms with van der Waals surface area (Å²) in [7, 11) is 0. The predicted molar refractivity (Wildman–Crippen MR) is 134 cm³/mol. The second-order valence-corrected chi connectivity index (χ2v) is 7.74. The number of rotatable bonds is 7. The fourth-order valence-corrected chi connectivity index (χ4v) is 3.57. The van der Waals surface area contributed by atoms with Crippen LogP contribution < -0.4 is 10.6 Å². The number of benzene rings is 2. The Hall–Kier alpha value is -1.80. The first kappa shape index (κ1) is 24.5. The Bertz CT molecular complexity index is 832. The van der Waals surface area contributed by atoms with Gasteiger partial charge in [-0.3, -0.25) is 9.79 Å². The Balaban J connectivity index is 0.00000320. The molecule has 30 heavy (non-hydrogen) atoms. The number of aliphatic imine (C=N–C) groups is 1. The van der Waals surface area contributed by atoms with Gasteiger partial charge in [0.1, 0.15) is 0 Å². The summed E-state index contributed by atoms with van der Waals surface area (Å²) in [6.45, 7) is 6.96. The maximum atomic E-state index is 12.5. The molecule has 7 heteroatoms. The highest BCUT2D eigenvalue weighted by molar-refractivity contribution is 14.0. The van der Waals surface area contributed by atoms with Gasteiger partial charge in [0.25, 0.3) is 0 Å². The van der Waals surface area contributed by atoms with E-state index in [1.54, 1.807) is 0 Å². The lowest BCUT2D eigenvalue weighted by Gasteiger charge is -2.18. The summed E-state index contributed by atoms with van der Waals surface area (Å²) in [5.41, 5.74) is 3.66. The molecule has 162 valence electrons. The Morgan fingerprint density at radius 2 is 1.77 bits per heavy atom. The largest absolute Gasteiger partial charge is 0.357 e. The fraction of sp³-hybridized carbons (Fsp3) is 0.391. The minimum Gasteiger partial charge on any atom is -0.357 e. The van der Waals surface area contributed by atoms with Gasteiger partial charge in [-0.15, -0.1) is 24.0 Å². The molecule has 0 fully saturated rings. The number of carbonyl (C=O) groups is 1. The Labute approximate surface area is 201 Å². The lowest BCUT2D eigenvalue weighted by molar-refractivity contribution is -0.131. The van der Waals surface area contributed by atoms with Crippen LogP contribution in [-0.4, -0.2) is 29.9 Å². The van der Waals surface area contributed by atoms with Crippen LogP contribution in [0.25, 0.3) is 0 Å². The number of carbonyl (C=O) groups excluding carboxylic acids is 1. The number of halogens is 2. The predicted octanol–water partition coefficient (Wildman–Crippen LogP) is 4.90. The number of hydrogen-bond donors (Lipinski definition) is 2. The Kier molecular flexibility index (Phi) is 9.91. The first-order valence-corrected chi connectivity index (χ1v) is 10.6. The lowest BCUT2D eigenvalue weighted by atomic mass is 10.1. The standard InChI is InChI=1S/C23H29ClN4O.HI/c1-3-25-23(27-17(2)18-10-12-21(24)13-11-18)26-14-6-9-22(29)28-15-19-7-4-5-8-20(19)16-28;/h4-5,7-8,10-13,17H,3,6,9,14-16H2,1-2H3,(H2,25,26,27);1H. The van der Waals surface area contributed by atoms with Crippen molar-refractivity contribution < 1.29 is 4.79 Å². The maximum Gasteiger partial charge on any atom is 0.223 e. The van der Waals surface area contributed by atoms with Crippen molar-refractivity contribution in [1.82, 2.24) is 15.5 Å². The van der Waals surface area contributed by atoms with E-state index < -0.39 is 0 Å². The first-order chi connectivity index (χ1) is 14.1. The number of nitrogens with zero attached hydrogens (tertiary/aromatic N) is 2. The van der Waals surface area contributed by atoms with Gasteiger partial charge in [-0.05, 0) is 49.1 Å². The van der Waals surface area contributed by atoms with Crippen molar-refractivity contribution >= 4 is 47.4 Å². The summed E-state index contributed by atoms with van der Waals surface area (Å²) in [6.07, 6.45) is 1.25. The Morgan fingerprint density at radius 3 is 2.37 bits per heavy atom. The molecule has 5 nitrogen and oxygen atoms in total. The van der Waals surface area contributed by atoms with Gasteiger partial charge in [-0.25, -0.2) is 0 Å². The molecule has 0 radical (unpaired) electrons. The van der Waals surface area contributed by atoms with Crippen LogP contribution >= 0.6 is 35.6 Å². The van der Waals surface area contributed by atoms with Crippen molar-refractivity contribution in [2.45, 2.75) is 45.8 Å². The van der Waals surface area contributed by atoms with Crippen molar-refractivity contribution in [1.29, 1.82) is 0 Å². The van der Waals surface area contributed by atoms with E-state index in [1.165, 1.54) is 11.1 Å². The SMILES string of the molecule is CCNC(=NCCCC(=O)N1Cc2ccccc2C1)NC(C)c1ccc(Cl)cc1.I. The zero-order valence-corrected chi connectivity index (χ0v) is 20.6. The van der Waals surface area contributed by atoms with Gasteiger partial charge < -0.3 is 15.5 Å². The third-order valence-electron chi connectivity index (χ3n) is 5.08. The molecular formula is C23H30ClIN4O. The van der Waals surface area contributed by atoms with Crippen molar-refractivity contribution in [3.05, 3.63) is 70.2 Å². The van der Waals surface area contributed by atoms with Crippen LogP contribution in [0.15, 0.2) is 53.5 Å². The minimum atomic E-state index is 0.